The van der Waals surface area contributed by atoms with Crippen molar-refractivity contribution in [3.05, 3.63) is 199 Å². The Kier molecular flexibility index (Phi) is 7.53. The molecule has 0 aromatic heterocycles. The van der Waals surface area contributed by atoms with Gasteiger partial charge in [0, 0.05) is 28.6 Å². The zero-order valence-electron chi connectivity index (χ0n) is 24.1. The molecule has 0 fully saturated rings. The highest BCUT2D eigenvalue weighted by atomic mass is 15.2. The third-order valence-corrected chi connectivity index (χ3v) is 8.27. The highest BCUT2D eigenvalue weighted by molar-refractivity contribution is 5.86. The lowest BCUT2D eigenvalue weighted by Gasteiger charge is -2.34. The molecule has 0 aliphatic heterocycles. The molecule has 43 heavy (non-hydrogen) atoms. The van der Waals surface area contributed by atoms with Crippen LogP contribution >= 0.6 is 0 Å². The first kappa shape index (κ1) is 26.5. The van der Waals surface area contributed by atoms with Crippen molar-refractivity contribution < 1.29 is 0 Å². The van der Waals surface area contributed by atoms with Crippen molar-refractivity contribution in [2.75, 3.05) is 4.90 Å². The van der Waals surface area contributed by atoms with E-state index in [-0.39, 0.29) is 0 Å². The maximum atomic E-state index is 2.46. The van der Waals surface area contributed by atoms with Gasteiger partial charge in [0.05, 0.1) is 0 Å². The van der Waals surface area contributed by atoms with E-state index in [4.69, 9.17) is 0 Å². The van der Waals surface area contributed by atoms with Crippen LogP contribution in [-0.4, -0.2) is 0 Å². The molecule has 206 valence electrons. The number of hydrogen-bond donors (Lipinski definition) is 0. The maximum Gasteiger partial charge on any atom is 0.0459 e. The zero-order chi connectivity index (χ0) is 28.8. The van der Waals surface area contributed by atoms with Crippen molar-refractivity contribution in [2.24, 2.45) is 0 Å². The van der Waals surface area contributed by atoms with E-state index < -0.39 is 0 Å². The second kappa shape index (κ2) is 12.2. The second-order valence-corrected chi connectivity index (χ2v) is 11.0. The van der Waals surface area contributed by atoms with Crippen LogP contribution in [0.25, 0.3) is 27.8 Å². The molecule has 1 nitrogen and oxygen atoms in total. The summed E-state index contributed by atoms with van der Waals surface area (Å²) in [5, 5.41) is 0. The van der Waals surface area contributed by atoms with E-state index in [0.717, 1.165) is 17.8 Å². The average molecular weight is 552 g/mol. The molecule has 0 saturated heterocycles. The Morgan fingerprint density at radius 2 is 0.791 bits per heavy atom. The number of rotatable bonds is 7. The van der Waals surface area contributed by atoms with Gasteiger partial charge in [-0.25, -0.2) is 0 Å². The molecule has 0 bridgehead atoms. The molecule has 1 aliphatic rings. The minimum atomic E-state index is 0.290. The van der Waals surface area contributed by atoms with E-state index in [9.17, 15) is 0 Å². The lowest BCUT2D eigenvalue weighted by atomic mass is 9.85. The number of allylic oxidation sites excluding steroid dienone is 4. The summed E-state index contributed by atoms with van der Waals surface area (Å²) >= 11 is 0. The highest BCUT2D eigenvalue weighted by Gasteiger charge is 2.25. The minimum Gasteiger partial charge on any atom is -0.314 e. The van der Waals surface area contributed by atoms with Gasteiger partial charge in [0.15, 0.2) is 0 Å². The number of benzene rings is 6. The molecule has 6 aromatic rings. The van der Waals surface area contributed by atoms with Crippen LogP contribution < -0.4 is 4.90 Å². The predicted octanol–water partition coefficient (Wildman–Crippen LogP) is 11.3. The summed E-state index contributed by atoms with van der Waals surface area (Å²) in [6, 6.07) is 60.9. The number of hydrogen-bond acceptors (Lipinski definition) is 1. The Morgan fingerprint density at radius 1 is 0.395 bits per heavy atom. The lowest BCUT2D eigenvalue weighted by molar-refractivity contribution is 0.798. The minimum absolute atomic E-state index is 0.290. The first-order chi connectivity index (χ1) is 21.3. The van der Waals surface area contributed by atoms with Crippen LogP contribution in [0.2, 0.25) is 0 Å². The largest absolute Gasteiger partial charge is 0.314 e. The van der Waals surface area contributed by atoms with Crippen molar-refractivity contribution in [3.8, 4) is 22.3 Å². The highest BCUT2D eigenvalue weighted by Crippen LogP contribution is 2.43. The average Bonchev–Trinajstić information content (AvgIpc) is 3.10. The van der Waals surface area contributed by atoms with E-state index in [2.05, 4.69) is 187 Å². The van der Waals surface area contributed by atoms with Gasteiger partial charge in [-0.15, -0.1) is 0 Å². The molecule has 6 aromatic carbocycles. The predicted molar refractivity (Wildman–Crippen MR) is 182 cm³/mol. The first-order valence-corrected chi connectivity index (χ1v) is 15.0. The maximum absolute atomic E-state index is 2.46. The number of nitrogens with zero attached hydrogens (tertiary/aromatic N) is 1. The Morgan fingerprint density at radius 3 is 1.26 bits per heavy atom. The quantitative estimate of drug-likeness (QED) is 0.191. The summed E-state index contributed by atoms with van der Waals surface area (Å²) in [4.78, 5) is 2.46. The Hall–Kier alpha value is -5.40. The molecule has 1 unspecified atom stereocenters. The molecule has 1 aliphatic carbocycles. The third kappa shape index (κ3) is 5.71. The zero-order valence-corrected chi connectivity index (χ0v) is 24.1. The van der Waals surface area contributed by atoms with E-state index in [0.29, 0.717) is 5.92 Å². The van der Waals surface area contributed by atoms with Crippen LogP contribution in [0.4, 0.5) is 11.4 Å². The van der Waals surface area contributed by atoms with Crippen molar-refractivity contribution in [2.45, 2.75) is 12.3 Å². The normalized spacial score (nSPS) is 14.5. The van der Waals surface area contributed by atoms with E-state index >= 15 is 0 Å². The molecule has 0 N–H and O–H groups in total. The second-order valence-electron chi connectivity index (χ2n) is 11.0. The van der Waals surface area contributed by atoms with Crippen molar-refractivity contribution in [3.63, 3.8) is 0 Å². The van der Waals surface area contributed by atoms with Gasteiger partial charge in [-0.05, 0) is 64.1 Å². The van der Waals surface area contributed by atoms with Crippen LogP contribution in [0.3, 0.4) is 0 Å². The van der Waals surface area contributed by atoms with Crippen molar-refractivity contribution in [1.29, 1.82) is 0 Å². The first-order valence-electron chi connectivity index (χ1n) is 15.0. The van der Waals surface area contributed by atoms with E-state index in [1.807, 2.05) is 0 Å². The standard InChI is InChI=1S/C42H33N/c1-5-13-32(14-6-1)35-21-26-39(27-22-35)43(40-28-23-36(24-29-40)33-15-7-2-8-16-33)42-31-38(34-17-9-3-10-18-34)25-30-41(42)37-19-11-4-12-20-37/h1-30,38H,31H2. The van der Waals surface area contributed by atoms with Gasteiger partial charge in [0.25, 0.3) is 0 Å². The summed E-state index contributed by atoms with van der Waals surface area (Å²) in [5.74, 6) is 0.290. The van der Waals surface area contributed by atoms with Gasteiger partial charge in [0.2, 0.25) is 0 Å². The van der Waals surface area contributed by atoms with Gasteiger partial charge in [0.1, 0.15) is 0 Å². The third-order valence-electron chi connectivity index (χ3n) is 8.27. The summed E-state index contributed by atoms with van der Waals surface area (Å²) in [6.45, 7) is 0. The molecule has 1 heteroatoms. The summed E-state index contributed by atoms with van der Waals surface area (Å²) in [5.41, 5.74) is 12.3. The topological polar surface area (TPSA) is 3.24 Å². The van der Waals surface area contributed by atoms with Gasteiger partial charge < -0.3 is 4.90 Å². The molecular weight excluding hydrogens is 518 g/mol. The van der Waals surface area contributed by atoms with Gasteiger partial charge in [-0.3, -0.25) is 0 Å². The molecule has 0 heterocycles. The fraction of sp³-hybridized carbons (Fsp3) is 0.0476. The molecule has 0 radical (unpaired) electrons. The van der Waals surface area contributed by atoms with Crippen LogP contribution in [-0.2, 0) is 0 Å². The Labute approximate surface area is 254 Å². The summed E-state index contributed by atoms with van der Waals surface area (Å²) in [7, 11) is 0. The molecule has 1 atom stereocenters. The van der Waals surface area contributed by atoms with Crippen molar-refractivity contribution in [1.82, 2.24) is 0 Å². The molecular formula is C42H33N. The Balaban J connectivity index is 1.37. The fourth-order valence-corrected chi connectivity index (χ4v) is 6.04. The smallest absolute Gasteiger partial charge is 0.0459 e. The lowest BCUT2D eigenvalue weighted by Crippen LogP contribution is -2.21. The van der Waals surface area contributed by atoms with Crippen LogP contribution in [0.5, 0.6) is 0 Å². The number of anilines is 2. The van der Waals surface area contributed by atoms with Crippen LogP contribution in [0, 0.1) is 0 Å². The monoisotopic (exact) mass is 551 g/mol. The molecule has 0 amide bonds. The van der Waals surface area contributed by atoms with Gasteiger partial charge in [-0.2, -0.15) is 0 Å². The Bertz CT molecular complexity index is 1750. The van der Waals surface area contributed by atoms with Crippen LogP contribution in [0.15, 0.2) is 188 Å². The van der Waals surface area contributed by atoms with Gasteiger partial charge >= 0.3 is 0 Å². The molecule has 0 spiro atoms. The molecule has 0 saturated carbocycles. The SMILES string of the molecule is C1=CC(c2ccccc2)CC(N(c2ccc(-c3ccccc3)cc2)c2ccc(-c3ccccc3)cc2)=C1c1ccccc1. The summed E-state index contributed by atoms with van der Waals surface area (Å²) in [6.07, 6.45) is 5.59. The van der Waals surface area contributed by atoms with E-state index in [1.165, 1.54) is 44.7 Å². The van der Waals surface area contributed by atoms with Crippen molar-refractivity contribution >= 4 is 16.9 Å². The van der Waals surface area contributed by atoms with E-state index in [1.54, 1.807) is 0 Å². The molecule has 7 rings (SSSR count). The summed E-state index contributed by atoms with van der Waals surface area (Å²) < 4.78 is 0. The van der Waals surface area contributed by atoms with Crippen LogP contribution in [0.1, 0.15) is 23.5 Å². The fourth-order valence-electron chi connectivity index (χ4n) is 6.04. The van der Waals surface area contributed by atoms with Gasteiger partial charge in [-0.1, -0.05) is 158 Å².